The monoisotopic (exact) mass is 358 g/mol. The van der Waals surface area contributed by atoms with Gasteiger partial charge in [-0.2, -0.15) is 0 Å². The van der Waals surface area contributed by atoms with Crippen molar-refractivity contribution >= 4 is 23.2 Å². The molecule has 0 radical (unpaired) electrons. The predicted molar refractivity (Wildman–Crippen MR) is 96.6 cm³/mol. The highest BCUT2D eigenvalue weighted by Gasteiger charge is 2.27. The second-order valence-corrected chi connectivity index (χ2v) is 7.01. The van der Waals surface area contributed by atoms with Crippen LogP contribution in [0.1, 0.15) is 22.6 Å². The molecule has 1 aliphatic heterocycles. The second kappa shape index (κ2) is 6.25. The van der Waals surface area contributed by atoms with Crippen molar-refractivity contribution in [3.05, 3.63) is 75.6 Å². The molecular weight excluding hydrogens is 343 g/mol. The molecule has 0 unspecified atom stereocenters. The van der Waals surface area contributed by atoms with Gasteiger partial charge in [0.15, 0.2) is 0 Å². The van der Waals surface area contributed by atoms with Crippen LogP contribution in [0.4, 0.5) is 0 Å². The third-order valence-corrected chi connectivity index (χ3v) is 5.02. The Balaban J connectivity index is 1.82. The van der Waals surface area contributed by atoms with Gasteiger partial charge in [-0.1, -0.05) is 35.3 Å². The summed E-state index contributed by atoms with van der Waals surface area (Å²) in [4.78, 5) is 6.52. The fourth-order valence-electron chi connectivity index (χ4n) is 3.39. The Kier molecular flexibility index (Phi) is 4.09. The van der Waals surface area contributed by atoms with Crippen molar-refractivity contribution < 1.29 is 4.42 Å². The Morgan fingerprint density at radius 3 is 2.88 bits per heavy atom. The van der Waals surface area contributed by atoms with Gasteiger partial charge in [-0.05, 0) is 48.0 Å². The van der Waals surface area contributed by atoms with Crippen LogP contribution in [0.2, 0.25) is 10.0 Å². The van der Waals surface area contributed by atoms with Gasteiger partial charge in [-0.15, -0.1) is 0 Å². The minimum atomic E-state index is 0.213. The molecule has 5 heteroatoms. The van der Waals surface area contributed by atoms with Crippen LogP contribution in [-0.2, 0) is 6.54 Å². The quantitative estimate of drug-likeness (QED) is 0.628. The van der Waals surface area contributed by atoms with Gasteiger partial charge in [0.2, 0.25) is 5.89 Å². The summed E-state index contributed by atoms with van der Waals surface area (Å²) in [5.74, 6) is 0.843. The summed E-state index contributed by atoms with van der Waals surface area (Å²) in [6, 6.07) is 12.2. The maximum Gasteiger partial charge on any atom is 0.225 e. The first kappa shape index (κ1) is 15.7. The van der Waals surface area contributed by atoms with E-state index in [1.165, 1.54) is 11.1 Å². The van der Waals surface area contributed by atoms with Gasteiger partial charge in [0, 0.05) is 34.6 Å². The average Bonchev–Trinajstić information content (AvgIpc) is 3.10. The van der Waals surface area contributed by atoms with Crippen LogP contribution >= 0.6 is 23.2 Å². The highest BCUT2D eigenvalue weighted by Crippen LogP contribution is 2.39. The van der Waals surface area contributed by atoms with E-state index in [1.807, 2.05) is 24.3 Å². The van der Waals surface area contributed by atoms with Gasteiger partial charge in [0.1, 0.15) is 6.26 Å². The van der Waals surface area contributed by atoms with Crippen LogP contribution in [0.15, 0.2) is 53.3 Å². The van der Waals surface area contributed by atoms with E-state index >= 15 is 0 Å². The molecule has 4 rings (SSSR count). The minimum Gasteiger partial charge on any atom is -0.445 e. The van der Waals surface area contributed by atoms with Crippen molar-refractivity contribution in [2.24, 2.45) is 0 Å². The number of hydrogen-bond donors (Lipinski definition) is 0. The zero-order chi connectivity index (χ0) is 16.7. The number of benzene rings is 2. The number of oxazole rings is 1. The van der Waals surface area contributed by atoms with Crippen LogP contribution in [0.25, 0.3) is 11.5 Å². The number of likely N-dealkylation sites (N-methyl/N-ethyl adjacent to an activating group) is 1. The maximum atomic E-state index is 6.44. The van der Waals surface area contributed by atoms with Crippen LogP contribution in [0, 0.1) is 0 Å². The molecule has 2 heterocycles. The van der Waals surface area contributed by atoms with Gasteiger partial charge in [0.25, 0.3) is 0 Å². The molecular formula is C19H16Cl2N2O. The Labute approximate surface area is 150 Å². The van der Waals surface area contributed by atoms with E-state index in [9.17, 15) is 0 Å². The minimum absolute atomic E-state index is 0.213. The highest BCUT2D eigenvalue weighted by atomic mass is 35.5. The van der Waals surface area contributed by atoms with E-state index in [2.05, 4.69) is 29.1 Å². The topological polar surface area (TPSA) is 29.3 Å². The summed E-state index contributed by atoms with van der Waals surface area (Å²) < 4.78 is 5.43. The molecule has 1 aromatic heterocycles. The van der Waals surface area contributed by atoms with Crippen molar-refractivity contribution in [2.75, 3.05) is 13.6 Å². The number of halogens is 2. The molecule has 0 fully saturated rings. The number of aromatic nitrogens is 1. The molecule has 1 atom stereocenters. The van der Waals surface area contributed by atoms with E-state index in [4.69, 9.17) is 27.6 Å². The molecule has 0 saturated heterocycles. The van der Waals surface area contributed by atoms with E-state index < -0.39 is 0 Å². The van der Waals surface area contributed by atoms with Gasteiger partial charge >= 0.3 is 0 Å². The third-order valence-electron chi connectivity index (χ3n) is 4.46. The Hall–Kier alpha value is -1.81. The first-order chi connectivity index (χ1) is 11.6. The van der Waals surface area contributed by atoms with Crippen molar-refractivity contribution in [3.8, 4) is 11.5 Å². The molecule has 0 N–H and O–H groups in total. The second-order valence-electron chi connectivity index (χ2n) is 6.17. The highest BCUT2D eigenvalue weighted by molar-refractivity contribution is 6.35. The number of fused-ring (bicyclic) bond motifs is 1. The van der Waals surface area contributed by atoms with Gasteiger partial charge < -0.3 is 9.32 Å². The SMILES string of the molecule is CN1Cc2c(Cl)cc(Cl)cc2[C@H](c2cccc(-c3ncco3)c2)C1. The fraction of sp³-hybridized carbons (Fsp3) is 0.211. The van der Waals surface area contributed by atoms with Crippen LogP contribution in [0.3, 0.4) is 0 Å². The predicted octanol–water partition coefficient (Wildman–Crippen LogP) is 5.23. The maximum absolute atomic E-state index is 6.44. The zero-order valence-electron chi connectivity index (χ0n) is 13.2. The molecule has 3 aromatic rings. The zero-order valence-corrected chi connectivity index (χ0v) is 14.7. The molecule has 2 aromatic carbocycles. The molecule has 1 aliphatic rings. The smallest absolute Gasteiger partial charge is 0.225 e. The lowest BCUT2D eigenvalue weighted by atomic mass is 9.84. The van der Waals surface area contributed by atoms with Crippen molar-refractivity contribution in [3.63, 3.8) is 0 Å². The standard InChI is InChI=1S/C19H16Cl2N2O/c1-23-10-16(15-8-14(20)9-18(21)17(15)11-23)12-3-2-4-13(7-12)19-22-5-6-24-19/h2-9,16H,10-11H2,1H3/t16-/m0/s1. The van der Waals surface area contributed by atoms with Crippen LogP contribution in [0.5, 0.6) is 0 Å². The molecule has 0 saturated carbocycles. The summed E-state index contributed by atoms with van der Waals surface area (Å²) in [6.07, 6.45) is 3.25. The van der Waals surface area contributed by atoms with E-state index in [1.54, 1.807) is 12.5 Å². The summed E-state index contributed by atoms with van der Waals surface area (Å²) in [7, 11) is 2.11. The first-order valence-electron chi connectivity index (χ1n) is 7.78. The van der Waals surface area contributed by atoms with E-state index in [-0.39, 0.29) is 5.92 Å². The summed E-state index contributed by atoms with van der Waals surface area (Å²) in [6.45, 7) is 1.75. The average molecular weight is 359 g/mol. The molecule has 3 nitrogen and oxygen atoms in total. The normalized spacial score (nSPS) is 17.7. The molecule has 122 valence electrons. The summed E-state index contributed by atoms with van der Waals surface area (Å²) in [5.41, 5.74) is 4.54. The number of nitrogens with zero attached hydrogens (tertiary/aromatic N) is 2. The largest absolute Gasteiger partial charge is 0.445 e. The lowest BCUT2D eigenvalue weighted by molar-refractivity contribution is 0.295. The van der Waals surface area contributed by atoms with Crippen molar-refractivity contribution in [1.29, 1.82) is 0 Å². The molecule has 0 amide bonds. The summed E-state index contributed by atoms with van der Waals surface area (Å²) >= 11 is 12.7. The van der Waals surface area contributed by atoms with Crippen LogP contribution < -0.4 is 0 Å². The Bertz CT molecular complexity index is 877. The van der Waals surface area contributed by atoms with E-state index in [0.29, 0.717) is 10.9 Å². The molecule has 24 heavy (non-hydrogen) atoms. The molecule has 0 spiro atoms. The Morgan fingerprint density at radius 2 is 2.08 bits per heavy atom. The lowest BCUT2D eigenvalue weighted by Gasteiger charge is -2.33. The van der Waals surface area contributed by atoms with E-state index in [0.717, 1.165) is 29.2 Å². The lowest BCUT2D eigenvalue weighted by Crippen LogP contribution is -2.31. The third kappa shape index (κ3) is 2.84. The molecule has 0 bridgehead atoms. The van der Waals surface area contributed by atoms with Gasteiger partial charge in [-0.3, -0.25) is 0 Å². The fourth-order valence-corrected chi connectivity index (χ4v) is 3.95. The summed E-state index contributed by atoms with van der Waals surface area (Å²) in [5, 5.41) is 1.41. The Morgan fingerprint density at radius 1 is 1.21 bits per heavy atom. The number of hydrogen-bond acceptors (Lipinski definition) is 3. The number of rotatable bonds is 2. The van der Waals surface area contributed by atoms with Gasteiger partial charge in [-0.25, -0.2) is 4.98 Å². The van der Waals surface area contributed by atoms with Gasteiger partial charge in [0.05, 0.1) is 6.20 Å². The van der Waals surface area contributed by atoms with Crippen molar-refractivity contribution in [1.82, 2.24) is 9.88 Å². The van der Waals surface area contributed by atoms with Crippen LogP contribution in [-0.4, -0.2) is 23.5 Å². The first-order valence-corrected chi connectivity index (χ1v) is 8.53. The van der Waals surface area contributed by atoms with Crippen molar-refractivity contribution in [2.45, 2.75) is 12.5 Å². The molecule has 0 aliphatic carbocycles.